The van der Waals surface area contributed by atoms with E-state index in [0.29, 0.717) is 5.69 Å². The fraction of sp³-hybridized carbons (Fsp3) is 0.231. The predicted octanol–water partition coefficient (Wildman–Crippen LogP) is 2.22. The maximum atomic E-state index is 12.1. The highest BCUT2D eigenvalue weighted by Gasteiger charge is 2.16. The number of hydrogen-bond donors (Lipinski definition) is 2. The van der Waals surface area contributed by atoms with Gasteiger partial charge in [0, 0.05) is 16.8 Å². The van der Waals surface area contributed by atoms with E-state index in [2.05, 4.69) is 10.3 Å². The number of carbonyl (C=O) groups excluding carboxylic acids is 1. The number of carbonyl (C=O) groups is 1. The van der Waals surface area contributed by atoms with Gasteiger partial charge in [-0.3, -0.25) is 4.79 Å². The van der Waals surface area contributed by atoms with E-state index in [1.165, 1.54) is 47.4 Å². The van der Waals surface area contributed by atoms with Crippen molar-refractivity contribution in [2.45, 2.75) is 28.3 Å². The molecule has 1 atom stereocenters. The summed E-state index contributed by atoms with van der Waals surface area (Å²) < 4.78 is 23.2. The molecule has 118 valence electrons. The summed E-state index contributed by atoms with van der Waals surface area (Å²) in [5.41, 5.74) is 1.44. The fourth-order valence-corrected chi connectivity index (χ4v) is 4.06. The van der Waals surface area contributed by atoms with E-state index in [4.69, 9.17) is 5.14 Å². The van der Waals surface area contributed by atoms with Gasteiger partial charge in [-0.2, -0.15) is 0 Å². The number of aromatic nitrogens is 1. The molecule has 0 saturated heterocycles. The molecule has 0 unspecified atom stereocenters. The standard InChI is InChI=1S/C13H15N3O3S3/c1-8-7-20-13(15-8)21-9(2)12(17)16-10-3-5-11(6-4-10)22(14,18)19/h3-7,9H,1-2H3,(H,16,17)(H2,14,18,19)/t9-/m0/s1. The molecule has 3 N–H and O–H groups in total. The molecule has 0 spiro atoms. The van der Waals surface area contributed by atoms with Crippen molar-refractivity contribution in [2.75, 3.05) is 5.32 Å². The fourth-order valence-electron chi connectivity index (χ4n) is 1.56. The van der Waals surface area contributed by atoms with Crippen molar-refractivity contribution in [3.05, 3.63) is 35.3 Å². The third kappa shape index (κ3) is 4.54. The van der Waals surface area contributed by atoms with Crippen LogP contribution in [-0.2, 0) is 14.8 Å². The second kappa shape index (κ2) is 6.78. The first-order valence-electron chi connectivity index (χ1n) is 6.28. The average molecular weight is 357 g/mol. The molecule has 2 rings (SSSR count). The Bertz CT molecular complexity index is 769. The Hall–Kier alpha value is -1.42. The van der Waals surface area contributed by atoms with E-state index < -0.39 is 10.0 Å². The zero-order chi connectivity index (χ0) is 16.3. The smallest absolute Gasteiger partial charge is 0.238 e. The SMILES string of the molecule is Cc1csc(S[C@@H](C)C(=O)Nc2ccc(S(N)(=O)=O)cc2)n1. The van der Waals surface area contributed by atoms with Crippen LogP contribution in [0.1, 0.15) is 12.6 Å². The first kappa shape index (κ1) is 16.9. The van der Waals surface area contributed by atoms with Crippen LogP contribution in [0, 0.1) is 6.92 Å². The first-order chi connectivity index (χ1) is 10.3. The summed E-state index contributed by atoms with van der Waals surface area (Å²) in [6, 6.07) is 5.71. The van der Waals surface area contributed by atoms with Crippen LogP contribution in [0.5, 0.6) is 0 Å². The van der Waals surface area contributed by atoms with Gasteiger partial charge in [0.2, 0.25) is 15.9 Å². The second-order valence-corrected chi connectivity index (χ2v) is 8.58. The third-order valence-corrected chi connectivity index (χ3v) is 5.81. The highest BCUT2D eigenvalue weighted by molar-refractivity contribution is 8.02. The molecule has 2 aromatic rings. The molecule has 0 fully saturated rings. The van der Waals surface area contributed by atoms with Crippen LogP contribution in [-0.4, -0.2) is 24.6 Å². The van der Waals surface area contributed by atoms with E-state index >= 15 is 0 Å². The summed E-state index contributed by atoms with van der Waals surface area (Å²) in [5.74, 6) is -0.179. The number of rotatable bonds is 5. The van der Waals surface area contributed by atoms with E-state index in [-0.39, 0.29) is 16.1 Å². The molecule has 1 aromatic carbocycles. The van der Waals surface area contributed by atoms with E-state index in [1.807, 2.05) is 12.3 Å². The van der Waals surface area contributed by atoms with Crippen LogP contribution in [0.25, 0.3) is 0 Å². The van der Waals surface area contributed by atoms with Gasteiger partial charge in [-0.25, -0.2) is 18.5 Å². The van der Waals surface area contributed by atoms with Gasteiger partial charge in [0.1, 0.15) is 0 Å². The molecule has 0 saturated carbocycles. The quantitative estimate of drug-likeness (QED) is 0.799. The molecule has 9 heteroatoms. The number of primary sulfonamides is 1. The molecular formula is C13H15N3O3S3. The predicted molar refractivity (Wildman–Crippen MR) is 88.6 cm³/mol. The number of nitrogens with one attached hydrogen (secondary N) is 1. The second-order valence-electron chi connectivity index (χ2n) is 4.57. The van der Waals surface area contributed by atoms with Crippen molar-refractivity contribution < 1.29 is 13.2 Å². The van der Waals surface area contributed by atoms with Gasteiger partial charge in [-0.15, -0.1) is 11.3 Å². The largest absolute Gasteiger partial charge is 0.325 e. The van der Waals surface area contributed by atoms with Gasteiger partial charge in [0.05, 0.1) is 10.1 Å². The van der Waals surface area contributed by atoms with Gasteiger partial charge < -0.3 is 5.32 Å². The molecular weight excluding hydrogens is 342 g/mol. The Labute approximate surface area is 137 Å². The van der Waals surface area contributed by atoms with E-state index in [1.54, 1.807) is 6.92 Å². The maximum absolute atomic E-state index is 12.1. The van der Waals surface area contributed by atoms with Crippen molar-refractivity contribution in [2.24, 2.45) is 5.14 Å². The minimum absolute atomic E-state index is 0.00573. The van der Waals surface area contributed by atoms with Crippen LogP contribution in [0.4, 0.5) is 5.69 Å². The van der Waals surface area contributed by atoms with Gasteiger partial charge in [-0.1, -0.05) is 11.8 Å². The molecule has 0 aliphatic carbocycles. The lowest BCUT2D eigenvalue weighted by Gasteiger charge is -2.10. The lowest BCUT2D eigenvalue weighted by Crippen LogP contribution is -2.22. The van der Waals surface area contributed by atoms with E-state index in [9.17, 15) is 13.2 Å². The van der Waals surface area contributed by atoms with Crippen LogP contribution in [0.15, 0.2) is 38.9 Å². The van der Waals surface area contributed by atoms with Crippen LogP contribution < -0.4 is 10.5 Å². The van der Waals surface area contributed by atoms with Crippen molar-refractivity contribution in [3.8, 4) is 0 Å². The lowest BCUT2D eigenvalue weighted by molar-refractivity contribution is -0.115. The normalized spacial score (nSPS) is 12.9. The summed E-state index contributed by atoms with van der Waals surface area (Å²) >= 11 is 2.88. The molecule has 1 aromatic heterocycles. The minimum Gasteiger partial charge on any atom is -0.325 e. The van der Waals surface area contributed by atoms with Crippen LogP contribution >= 0.6 is 23.1 Å². The molecule has 0 aliphatic heterocycles. The Balaban J connectivity index is 1.99. The lowest BCUT2D eigenvalue weighted by atomic mass is 10.3. The molecule has 22 heavy (non-hydrogen) atoms. The number of thiazole rings is 1. The molecule has 1 heterocycles. The molecule has 0 aliphatic rings. The first-order valence-corrected chi connectivity index (χ1v) is 9.59. The number of nitrogens with zero attached hydrogens (tertiary/aromatic N) is 1. The number of thioether (sulfide) groups is 1. The number of anilines is 1. The summed E-state index contributed by atoms with van der Waals surface area (Å²) in [7, 11) is -3.73. The Morgan fingerprint density at radius 2 is 2.00 bits per heavy atom. The summed E-state index contributed by atoms with van der Waals surface area (Å²) in [5, 5.41) is 9.36. The number of benzene rings is 1. The van der Waals surface area contributed by atoms with Crippen molar-refractivity contribution in [3.63, 3.8) is 0 Å². The summed E-state index contributed by atoms with van der Waals surface area (Å²) in [4.78, 5) is 16.4. The highest BCUT2D eigenvalue weighted by atomic mass is 32.2. The number of nitrogens with two attached hydrogens (primary N) is 1. The molecule has 0 radical (unpaired) electrons. The topological polar surface area (TPSA) is 102 Å². The van der Waals surface area contributed by atoms with Gasteiger partial charge in [0.15, 0.2) is 4.34 Å². The van der Waals surface area contributed by atoms with E-state index in [0.717, 1.165) is 10.0 Å². The Morgan fingerprint density at radius 3 is 2.50 bits per heavy atom. The zero-order valence-electron chi connectivity index (χ0n) is 11.9. The number of aryl methyl sites for hydroxylation is 1. The molecule has 0 bridgehead atoms. The van der Waals surface area contributed by atoms with Gasteiger partial charge in [-0.05, 0) is 38.1 Å². The van der Waals surface area contributed by atoms with Crippen LogP contribution in [0.3, 0.4) is 0 Å². The summed E-state index contributed by atoms with van der Waals surface area (Å²) in [6.45, 7) is 3.69. The molecule has 1 amide bonds. The summed E-state index contributed by atoms with van der Waals surface area (Å²) in [6.07, 6.45) is 0. The maximum Gasteiger partial charge on any atom is 0.238 e. The average Bonchev–Trinajstić information content (AvgIpc) is 2.83. The minimum atomic E-state index is -3.73. The Kier molecular flexibility index (Phi) is 5.22. The monoisotopic (exact) mass is 357 g/mol. The number of sulfonamides is 1. The van der Waals surface area contributed by atoms with Gasteiger partial charge in [0.25, 0.3) is 0 Å². The number of amides is 1. The number of hydrogen-bond acceptors (Lipinski definition) is 6. The van der Waals surface area contributed by atoms with Crippen molar-refractivity contribution in [1.82, 2.24) is 4.98 Å². The van der Waals surface area contributed by atoms with Crippen molar-refractivity contribution in [1.29, 1.82) is 0 Å². The van der Waals surface area contributed by atoms with Crippen molar-refractivity contribution >= 4 is 44.7 Å². The highest BCUT2D eigenvalue weighted by Crippen LogP contribution is 2.27. The third-order valence-electron chi connectivity index (χ3n) is 2.70. The Morgan fingerprint density at radius 1 is 1.36 bits per heavy atom. The molecule has 6 nitrogen and oxygen atoms in total. The zero-order valence-corrected chi connectivity index (χ0v) is 14.4. The van der Waals surface area contributed by atoms with Gasteiger partial charge >= 0.3 is 0 Å². The van der Waals surface area contributed by atoms with Crippen LogP contribution in [0.2, 0.25) is 0 Å².